The van der Waals surface area contributed by atoms with E-state index < -0.39 is 0 Å². The van der Waals surface area contributed by atoms with E-state index in [0.29, 0.717) is 6.04 Å². The maximum Gasteiger partial charge on any atom is 0.0375 e. The molecule has 0 aliphatic carbocycles. The first-order valence-electron chi connectivity index (χ1n) is 6.78. The Morgan fingerprint density at radius 2 is 2.06 bits per heavy atom. The van der Waals surface area contributed by atoms with Crippen molar-refractivity contribution in [1.29, 1.82) is 0 Å². The Morgan fingerprint density at radius 3 is 2.61 bits per heavy atom. The lowest BCUT2D eigenvalue weighted by Gasteiger charge is -2.21. The number of nitrogens with zero attached hydrogens (tertiary/aromatic N) is 1. The molecular formula is C15H25BrN2. The fourth-order valence-corrected chi connectivity index (χ4v) is 2.70. The van der Waals surface area contributed by atoms with E-state index in [1.54, 1.807) is 0 Å². The Balaban J connectivity index is 2.71. The summed E-state index contributed by atoms with van der Waals surface area (Å²) in [6.07, 6.45) is 3.84. The van der Waals surface area contributed by atoms with Gasteiger partial charge in [0.15, 0.2) is 0 Å². The van der Waals surface area contributed by atoms with Crippen molar-refractivity contribution in [3.05, 3.63) is 28.2 Å². The van der Waals surface area contributed by atoms with Gasteiger partial charge in [-0.3, -0.25) is 0 Å². The van der Waals surface area contributed by atoms with Gasteiger partial charge in [-0.25, -0.2) is 0 Å². The number of halogens is 1. The van der Waals surface area contributed by atoms with Gasteiger partial charge in [0.1, 0.15) is 0 Å². The van der Waals surface area contributed by atoms with Crippen molar-refractivity contribution in [2.75, 3.05) is 25.5 Å². The lowest BCUT2D eigenvalue weighted by atomic mass is 10.1. The number of rotatable bonds is 7. The molecule has 0 aromatic heterocycles. The summed E-state index contributed by atoms with van der Waals surface area (Å²) in [5.74, 6) is 0. The molecule has 0 fully saturated rings. The number of anilines is 1. The molecule has 3 heteroatoms. The molecule has 2 nitrogen and oxygen atoms in total. The summed E-state index contributed by atoms with van der Waals surface area (Å²) >= 11 is 3.67. The summed E-state index contributed by atoms with van der Waals surface area (Å²) in [5.41, 5.74) is 2.59. The first-order chi connectivity index (χ1) is 8.60. The lowest BCUT2D eigenvalue weighted by molar-refractivity contribution is 0.649. The Morgan fingerprint density at radius 1 is 1.33 bits per heavy atom. The molecule has 0 bridgehead atoms. The maximum atomic E-state index is 3.67. The minimum Gasteiger partial charge on any atom is -0.375 e. The highest BCUT2D eigenvalue weighted by molar-refractivity contribution is 9.10. The Labute approximate surface area is 120 Å². The molecule has 0 saturated carbocycles. The molecule has 18 heavy (non-hydrogen) atoms. The molecule has 1 aromatic rings. The molecule has 0 aliphatic heterocycles. The summed E-state index contributed by atoms with van der Waals surface area (Å²) < 4.78 is 1.18. The highest BCUT2D eigenvalue weighted by Gasteiger charge is 2.09. The molecule has 1 N–H and O–H groups in total. The van der Waals surface area contributed by atoms with Gasteiger partial charge in [-0.2, -0.15) is 0 Å². The summed E-state index contributed by atoms with van der Waals surface area (Å²) in [5, 5.41) is 3.27. The predicted octanol–water partition coefficient (Wildman–Crippen LogP) is 4.36. The standard InChI is InChI=1S/C15H25BrN2/c1-5-6-7-10-18(4)13-8-9-14(12(2)17-3)15(16)11-13/h8-9,11-12,17H,5-7,10H2,1-4H3. The summed E-state index contributed by atoms with van der Waals surface area (Å²) in [6.45, 7) is 5.54. The van der Waals surface area contributed by atoms with Crippen LogP contribution >= 0.6 is 15.9 Å². The van der Waals surface area contributed by atoms with Crippen molar-refractivity contribution in [2.45, 2.75) is 39.2 Å². The monoisotopic (exact) mass is 312 g/mol. The van der Waals surface area contributed by atoms with Crippen LogP contribution in [0.2, 0.25) is 0 Å². The Bertz CT molecular complexity index is 366. The zero-order valence-corrected chi connectivity index (χ0v) is 13.5. The van der Waals surface area contributed by atoms with Gasteiger partial charge in [-0.15, -0.1) is 0 Å². The van der Waals surface area contributed by atoms with Crippen molar-refractivity contribution >= 4 is 21.6 Å². The van der Waals surface area contributed by atoms with Crippen LogP contribution in [-0.2, 0) is 0 Å². The molecule has 0 aliphatic rings. The van der Waals surface area contributed by atoms with E-state index in [0.717, 1.165) is 6.54 Å². The van der Waals surface area contributed by atoms with Gasteiger partial charge in [-0.05, 0) is 38.1 Å². The van der Waals surface area contributed by atoms with Gasteiger partial charge in [0.2, 0.25) is 0 Å². The maximum absolute atomic E-state index is 3.67. The third-order valence-corrected chi connectivity index (χ3v) is 4.11. The smallest absolute Gasteiger partial charge is 0.0375 e. The van der Waals surface area contributed by atoms with Crippen LogP contribution in [0.25, 0.3) is 0 Å². The van der Waals surface area contributed by atoms with Crippen molar-refractivity contribution in [3.8, 4) is 0 Å². The molecular weight excluding hydrogens is 288 g/mol. The number of benzene rings is 1. The number of hydrogen-bond donors (Lipinski definition) is 1. The fourth-order valence-electron chi connectivity index (χ4n) is 1.99. The van der Waals surface area contributed by atoms with Crippen LogP contribution in [0.5, 0.6) is 0 Å². The van der Waals surface area contributed by atoms with Crippen molar-refractivity contribution in [2.24, 2.45) is 0 Å². The molecule has 1 aromatic carbocycles. The van der Waals surface area contributed by atoms with Crippen LogP contribution in [-0.4, -0.2) is 20.6 Å². The molecule has 102 valence electrons. The normalized spacial score (nSPS) is 12.5. The van der Waals surface area contributed by atoms with E-state index in [9.17, 15) is 0 Å². The van der Waals surface area contributed by atoms with E-state index in [4.69, 9.17) is 0 Å². The topological polar surface area (TPSA) is 15.3 Å². The van der Waals surface area contributed by atoms with E-state index in [1.165, 1.54) is 35.0 Å². The fraction of sp³-hybridized carbons (Fsp3) is 0.600. The van der Waals surface area contributed by atoms with Crippen LogP contribution in [0.1, 0.15) is 44.7 Å². The third-order valence-electron chi connectivity index (χ3n) is 3.42. The van der Waals surface area contributed by atoms with E-state index in [1.807, 2.05) is 7.05 Å². The van der Waals surface area contributed by atoms with Gasteiger partial charge in [-0.1, -0.05) is 41.8 Å². The quantitative estimate of drug-likeness (QED) is 0.753. The molecule has 0 spiro atoms. The first kappa shape index (κ1) is 15.5. The van der Waals surface area contributed by atoms with E-state index in [2.05, 4.69) is 65.2 Å². The van der Waals surface area contributed by atoms with Crippen LogP contribution in [0.15, 0.2) is 22.7 Å². The van der Waals surface area contributed by atoms with Gasteiger partial charge in [0.05, 0.1) is 0 Å². The minimum atomic E-state index is 0.374. The summed E-state index contributed by atoms with van der Waals surface area (Å²) in [7, 11) is 4.15. The van der Waals surface area contributed by atoms with E-state index >= 15 is 0 Å². The molecule has 0 amide bonds. The Kier molecular flexibility index (Phi) is 6.72. The Hall–Kier alpha value is -0.540. The van der Waals surface area contributed by atoms with Crippen molar-refractivity contribution in [1.82, 2.24) is 5.32 Å². The minimum absolute atomic E-state index is 0.374. The van der Waals surface area contributed by atoms with Crippen molar-refractivity contribution in [3.63, 3.8) is 0 Å². The molecule has 0 heterocycles. The molecule has 0 radical (unpaired) electrons. The molecule has 1 rings (SSSR count). The predicted molar refractivity (Wildman–Crippen MR) is 84.4 cm³/mol. The third kappa shape index (κ3) is 4.29. The first-order valence-corrected chi connectivity index (χ1v) is 7.57. The van der Waals surface area contributed by atoms with Crippen LogP contribution in [0.4, 0.5) is 5.69 Å². The second-order valence-electron chi connectivity index (χ2n) is 4.84. The second-order valence-corrected chi connectivity index (χ2v) is 5.70. The van der Waals surface area contributed by atoms with Crippen molar-refractivity contribution < 1.29 is 0 Å². The number of unbranched alkanes of at least 4 members (excludes halogenated alkanes) is 2. The zero-order chi connectivity index (χ0) is 13.5. The largest absolute Gasteiger partial charge is 0.375 e. The van der Waals surface area contributed by atoms with Crippen LogP contribution < -0.4 is 10.2 Å². The number of nitrogens with one attached hydrogen (secondary N) is 1. The molecule has 1 atom stereocenters. The highest BCUT2D eigenvalue weighted by Crippen LogP contribution is 2.27. The average molecular weight is 313 g/mol. The highest BCUT2D eigenvalue weighted by atomic mass is 79.9. The number of hydrogen-bond acceptors (Lipinski definition) is 2. The molecule has 0 saturated heterocycles. The van der Waals surface area contributed by atoms with E-state index in [-0.39, 0.29) is 0 Å². The van der Waals surface area contributed by atoms with Crippen LogP contribution in [0.3, 0.4) is 0 Å². The van der Waals surface area contributed by atoms with Crippen LogP contribution in [0, 0.1) is 0 Å². The van der Waals surface area contributed by atoms with Gasteiger partial charge in [0.25, 0.3) is 0 Å². The second kappa shape index (κ2) is 7.80. The van der Waals surface area contributed by atoms with Gasteiger partial charge < -0.3 is 10.2 Å². The SMILES string of the molecule is CCCCCN(C)c1ccc(C(C)NC)c(Br)c1. The average Bonchev–Trinajstić information content (AvgIpc) is 2.38. The van der Waals surface area contributed by atoms with Gasteiger partial charge in [0, 0.05) is 29.8 Å². The summed E-state index contributed by atoms with van der Waals surface area (Å²) in [4.78, 5) is 2.33. The van der Waals surface area contributed by atoms with Gasteiger partial charge >= 0.3 is 0 Å². The lowest BCUT2D eigenvalue weighted by Crippen LogP contribution is -2.19. The zero-order valence-electron chi connectivity index (χ0n) is 12.0. The molecule has 1 unspecified atom stereocenters. The summed E-state index contributed by atoms with van der Waals surface area (Å²) in [6, 6.07) is 7.00.